The van der Waals surface area contributed by atoms with Crippen LogP contribution in [0.4, 0.5) is 14.6 Å². The minimum atomic E-state index is -0.959. The predicted molar refractivity (Wildman–Crippen MR) is 121 cm³/mol. The summed E-state index contributed by atoms with van der Waals surface area (Å²) in [6, 6.07) is 2.70. The third-order valence-electron chi connectivity index (χ3n) is 6.81. The number of aromatic nitrogens is 2. The van der Waals surface area contributed by atoms with Crippen LogP contribution in [0.15, 0.2) is 30.6 Å². The van der Waals surface area contributed by atoms with Crippen LogP contribution in [0, 0.1) is 5.82 Å². The standard InChI is InChI=1S/C24H27F2N5O2/c1-27-23(33)7-2-13-8-21(32)16(10-17(13)25)19-11-29-22(12-28-19)31(15-4-5-15)20-9-14-3-6-18(30-14)24(20)26/h2,7-8,10-12,14-15,18,20,24,30,32H,3-6,9H2,1H3,(H,27,33)/b7-2+/t14-,18+,20-,24+/m0/s1. The summed E-state index contributed by atoms with van der Waals surface area (Å²) in [5, 5.41) is 16.2. The molecule has 3 fully saturated rings. The van der Waals surface area contributed by atoms with E-state index < -0.39 is 12.0 Å². The van der Waals surface area contributed by atoms with Crippen LogP contribution >= 0.6 is 0 Å². The molecule has 3 aliphatic rings. The largest absolute Gasteiger partial charge is 0.507 e. The van der Waals surface area contributed by atoms with Gasteiger partial charge in [-0.1, -0.05) is 0 Å². The third-order valence-corrected chi connectivity index (χ3v) is 6.81. The van der Waals surface area contributed by atoms with Crippen LogP contribution in [0.25, 0.3) is 17.3 Å². The summed E-state index contributed by atoms with van der Waals surface area (Å²) in [5.74, 6) is -0.538. The lowest BCUT2D eigenvalue weighted by atomic mass is 9.96. The van der Waals surface area contributed by atoms with Crippen LogP contribution in [0.5, 0.6) is 5.75 Å². The predicted octanol–water partition coefficient (Wildman–Crippen LogP) is 2.95. The van der Waals surface area contributed by atoms with Gasteiger partial charge in [0.25, 0.3) is 0 Å². The average molecular weight is 456 g/mol. The highest BCUT2D eigenvalue weighted by molar-refractivity contribution is 5.91. The van der Waals surface area contributed by atoms with Gasteiger partial charge in [0.2, 0.25) is 5.91 Å². The molecule has 2 aromatic rings. The van der Waals surface area contributed by atoms with Gasteiger partial charge in [0.05, 0.1) is 24.1 Å². The second-order valence-corrected chi connectivity index (χ2v) is 9.03. The Morgan fingerprint density at radius 2 is 2.06 bits per heavy atom. The van der Waals surface area contributed by atoms with Gasteiger partial charge < -0.3 is 20.6 Å². The Morgan fingerprint density at radius 3 is 2.76 bits per heavy atom. The van der Waals surface area contributed by atoms with E-state index in [1.807, 2.05) is 0 Å². The molecule has 5 rings (SSSR count). The van der Waals surface area contributed by atoms with Crippen LogP contribution in [-0.2, 0) is 4.79 Å². The SMILES string of the molecule is CNC(=O)/C=C/c1cc(O)c(-c2cnc(N(C3CC3)[C@H]3C[C@@H]4CC[C@@H](N4)[C@H]3F)cn2)cc1F. The zero-order valence-electron chi connectivity index (χ0n) is 18.3. The Kier molecular flexibility index (Phi) is 5.74. The van der Waals surface area contributed by atoms with Crippen LogP contribution < -0.4 is 15.5 Å². The van der Waals surface area contributed by atoms with Crippen molar-refractivity contribution >= 4 is 17.8 Å². The minimum Gasteiger partial charge on any atom is -0.507 e. The highest BCUT2D eigenvalue weighted by atomic mass is 19.1. The molecule has 1 aromatic carbocycles. The van der Waals surface area contributed by atoms with Gasteiger partial charge in [-0.25, -0.2) is 13.8 Å². The highest BCUT2D eigenvalue weighted by Crippen LogP contribution is 2.40. The Labute approximate surface area is 190 Å². The number of phenols is 1. The normalized spacial score (nSPS) is 26.5. The molecular formula is C24H27F2N5O2. The molecule has 33 heavy (non-hydrogen) atoms. The van der Waals surface area contributed by atoms with E-state index in [2.05, 4.69) is 25.5 Å². The number of piperidine rings is 1. The summed E-state index contributed by atoms with van der Waals surface area (Å²) in [6.07, 6.45) is 9.22. The number of likely N-dealkylation sites (N-methyl/N-ethyl adjacent to an activating group) is 1. The van der Waals surface area contributed by atoms with Crippen molar-refractivity contribution in [1.29, 1.82) is 0 Å². The van der Waals surface area contributed by atoms with Gasteiger partial charge >= 0.3 is 0 Å². The first kappa shape index (κ1) is 21.8. The van der Waals surface area contributed by atoms with Crippen molar-refractivity contribution in [1.82, 2.24) is 20.6 Å². The first-order valence-electron chi connectivity index (χ1n) is 11.4. The maximum Gasteiger partial charge on any atom is 0.243 e. The molecule has 1 aliphatic carbocycles. The van der Waals surface area contributed by atoms with Crippen molar-refractivity contribution in [2.45, 2.75) is 62.4 Å². The molecule has 0 unspecified atom stereocenters. The number of hydrogen-bond acceptors (Lipinski definition) is 6. The number of aromatic hydroxyl groups is 1. The number of carbonyl (C=O) groups excluding carboxylic acids is 1. The molecule has 0 spiro atoms. The number of carbonyl (C=O) groups is 1. The first-order chi connectivity index (χ1) is 15.9. The van der Waals surface area contributed by atoms with Crippen LogP contribution in [0.1, 0.15) is 37.7 Å². The molecule has 2 aliphatic heterocycles. The van der Waals surface area contributed by atoms with E-state index in [0.29, 0.717) is 17.6 Å². The smallest absolute Gasteiger partial charge is 0.243 e. The molecular weight excluding hydrogens is 428 g/mol. The molecule has 3 N–H and O–H groups in total. The number of phenolic OH excluding ortho intramolecular Hbond substituents is 1. The number of benzene rings is 1. The summed E-state index contributed by atoms with van der Waals surface area (Å²) in [6.45, 7) is 0. The second kappa shape index (κ2) is 8.70. The minimum absolute atomic E-state index is 0.0823. The van der Waals surface area contributed by atoms with E-state index in [1.54, 1.807) is 6.20 Å². The molecule has 2 saturated heterocycles. The van der Waals surface area contributed by atoms with Crippen molar-refractivity contribution < 1.29 is 18.7 Å². The van der Waals surface area contributed by atoms with Crippen LogP contribution in [0.2, 0.25) is 0 Å². The van der Waals surface area contributed by atoms with Crippen molar-refractivity contribution in [3.05, 3.63) is 42.0 Å². The number of fused-ring (bicyclic) bond motifs is 2. The number of amides is 1. The monoisotopic (exact) mass is 455 g/mol. The summed E-state index contributed by atoms with van der Waals surface area (Å²) >= 11 is 0. The number of anilines is 1. The number of nitrogens with one attached hydrogen (secondary N) is 2. The van der Waals surface area contributed by atoms with Gasteiger partial charge in [-0.15, -0.1) is 0 Å². The fourth-order valence-corrected chi connectivity index (χ4v) is 4.98. The van der Waals surface area contributed by atoms with Gasteiger partial charge in [0, 0.05) is 42.4 Å². The molecule has 174 valence electrons. The Bertz CT molecular complexity index is 1070. The second-order valence-electron chi connectivity index (χ2n) is 9.03. The van der Waals surface area contributed by atoms with E-state index in [4.69, 9.17) is 0 Å². The molecule has 9 heteroatoms. The molecule has 3 heterocycles. The Balaban J connectivity index is 1.39. The number of halogens is 2. The lowest BCUT2D eigenvalue weighted by Crippen LogP contribution is -2.57. The highest BCUT2D eigenvalue weighted by Gasteiger charge is 2.48. The average Bonchev–Trinajstić information content (AvgIpc) is 3.57. The molecule has 1 aromatic heterocycles. The summed E-state index contributed by atoms with van der Waals surface area (Å²) in [7, 11) is 1.47. The third kappa shape index (κ3) is 4.29. The summed E-state index contributed by atoms with van der Waals surface area (Å²) < 4.78 is 29.8. The van der Waals surface area contributed by atoms with Gasteiger partial charge in [-0.3, -0.25) is 9.78 Å². The molecule has 1 saturated carbocycles. The molecule has 7 nitrogen and oxygen atoms in total. The van der Waals surface area contributed by atoms with Crippen LogP contribution in [0.3, 0.4) is 0 Å². The first-order valence-corrected chi connectivity index (χ1v) is 11.4. The van der Waals surface area contributed by atoms with E-state index in [-0.39, 0.29) is 40.9 Å². The van der Waals surface area contributed by atoms with Crippen molar-refractivity contribution in [3.63, 3.8) is 0 Å². The number of rotatable bonds is 6. The van der Waals surface area contributed by atoms with E-state index in [9.17, 15) is 14.3 Å². The number of alkyl halides is 1. The summed E-state index contributed by atoms with van der Waals surface area (Å²) in [5.41, 5.74) is 0.596. The number of nitrogens with zero attached hydrogens (tertiary/aromatic N) is 3. The lowest BCUT2D eigenvalue weighted by molar-refractivity contribution is -0.115. The topological polar surface area (TPSA) is 90.4 Å². The maximum absolute atomic E-state index is 15.2. The quantitative estimate of drug-likeness (QED) is 0.581. The zero-order chi connectivity index (χ0) is 23.1. The van der Waals surface area contributed by atoms with E-state index in [1.165, 1.54) is 37.5 Å². The zero-order valence-corrected chi connectivity index (χ0v) is 18.3. The Morgan fingerprint density at radius 1 is 1.24 bits per heavy atom. The van der Waals surface area contributed by atoms with Crippen molar-refractivity contribution in [2.24, 2.45) is 0 Å². The van der Waals surface area contributed by atoms with Crippen molar-refractivity contribution in [3.8, 4) is 17.0 Å². The van der Waals surface area contributed by atoms with Gasteiger partial charge in [0.1, 0.15) is 23.6 Å². The van der Waals surface area contributed by atoms with Gasteiger partial charge in [0.15, 0.2) is 0 Å². The number of hydrogen-bond donors (Lipinski definition) is 3. The van der Waals surface area contributed by atoms with Crippen molar-refractivity contribution in [2.75, 3.05) is 11.9 Å². The van der Waals surface area contributed by atoms with E-state index in [0.717, 1.165) is 32.1 Å². The fourth-order valence-electron chi connectivity index (χ4n) is 4.98. The molecule has 1 amide bonds. The van der Waals surface area contributed by atoms with Gasteiger partial charge in [-0.2, -0.15) is 0 Å². The fraction of sp³-hybridized carbons (Fsp3) is 0.458. The Hall–Kier alpha value is -3.07. The van der Waals surface area contributed by atoms with E-state index >= 15 is 4.39 Å². The maximum atomic E-state index is 15.2. The lowest BCUT2D eigenvalue weighted by Gasteiger charge is -2.41. The van der Waals surface area contributed by atoms with Gasteiger partial charge in [-0.05, 0) is 50.3 Å². The van der Waals surface area contributed by atoms with Crippen LogP contribution in [-0.4, -0.2) is 58.4 Å². The molecule has 4 atom stereocenters. The molecule has 0 radical (unpaired) electrons. The molecule has 2 bridgehead atoms. The summed E-state index contributed by atoms with van der Waals surface area (Å²) in [4.78, 5) is 22.4.